The number of rotatable bonds is 8. The molecule has 0 aromatic heterocycles. The monoisotopic (exact) mass is 388 g/mol. The fourth-order valence-corrected chi connectivity index (χ4v) is 3.33. The van der Waals surface area contributed by atoms with E-state index in [0.717, 1.165) is 0 Å². The summed E-state index contributed by atoms with van der Waals surface area (Å²) >= 11 is 0. The van der Waals surface area contributed by atoms with E-state index in [1.165, 1.54) is 7.11 Å². The smallest absolute Gasteiger partial charge is 0.307 e. The van der Waals surface area contributed by atoms with Crippen molar-refractivity contribution in [3.05, 3.63) is 0 Å². The molecule has 0 saturated carbocycles. The molecule has 0 aromatic carbocycles. The zero-order chi connectivity index (χ0) is 20.4. The molecule has 156 valence electrons. The van der Waals surface area contributed by atoms with Gasteiger partial charge in [-0.2, -0.15) is 0 Å². The second kappa shape index (κ2) is 8.83. The normalized spacial score (nSPS) is 31.4. The Balaban J connectivity index is 2.17. The highest BCUT2D eigenvalue weighted by Gasteiger charge is 2.57. The molecule has 0 spiro atoms. The van der Waals surface area contributed by atoms with Gasteiger partial charge >= 0.3 is 5.97 Å². The number of ether oxygens (including phenoxy) is 5. The summed E-state index contributed by atoms with van der Waals surface area (Å²) in [7, 11) is 1.53. The molecule has 2 heterocycles. The minimum Gasteiger partial charge on any atom is -0.466 e. The van der Waals surface area contributed by atoms with Gasteiger partial charge in [0.1, 0.15) is 18.3 Å². The first-order valence-electron chi connectivity index (χ1n) is 9.35. The molecule has 2 aliphatic rings. The van der Waals surface area contributed by atoms with Gasteiger partial charge in [0.2, 0.25) is 5.91 Å². The third kappa shape index (κ3) is 5.17. The van der Waals surface area contributed by atoms with Crippen molar-refractivity contribution in [1.29, 1.82) is 0 Å². The number of nitrogens with two attached hydrogens (primary N) is 1. The van der Waals surface area contributed by atoms with Crippen LogP contribution in [0.4, 0.5) is 0 Å². The summed E-state index contributed by atoms with van der Waals surface area (Å²) in [5.41, 5.74) is 5.94. The van der Waals surface area contributed by atoms with Crippen molar-refractivity contribution >= 4 is 11.9 Å². The first-order valence-corrected chi connectivity index (χ1v) is 9.35. The average molecular weight is 388 g/mol. The molecule has 3 N–H and O–H groups in total. The van der Waals surface area contributed by atoms with Crippen LogP contribution in [0.5, 0.6) is 0 Å². The van der Waals surface area contributed by atoms with Crippen molar-refractivity contribution < 1.29 is 33.3 Å². The van der Waals surface area contributed by atoms with E-state index in [4.69, 9.17) is 29.4 Å². The fourth-order valence-electron chi connectivity index (χ4n) is 3.33. The Labute approximate surface area is 160 Å². The van der Waals surface area contributed by atoms with Crippen LogP contribution in [-0.4, -0.2) is 68.1 Å². The van der Waals surface area contributed by atoms with Gasteiger partial charge in [-0.25, -0.2) is 0 Å². The number of hydrogen-bond donors (Lipinski definition) is 2. The molecule has 9 nitrogen and oxygen atoms in total. The number of fused-ring (bicyclic) bond motifs is 1. The zero-order valence-corrected chi connectivity index (χ0v) is 16.9. The third-order valence-corrected chi connectivity index (χ3v) is 4.74. The number of hydrogen-bond acceptors (Lipinski definition) is 8. The minimum atomic E-state index is -0.795. The van der Waals surface area contributed by atoms with Crippen molar-refractivity contribution in [2.45, 2.75) is 83.5 Å². The number of carbonyl (C=O) groups is 2. The lowest BCUT2D eigenvalue weighted by molar-refractivity contribution is -0.220. The van der Waals surface area contributed by atoms with E-state index in [0.29, 0.717) is 0 Å². The molecule has 0 aromatic rings. The molecule has 6 atom stereocenters. The van der Waals surface area contributed by atoms with Gasteiger partial charge in [-0.3, -0.25) is 9.59 Å². The lowest BCUT2D eigenvalue weighted by Gasteiger charge is -2.31. The number of carbonyl (C=O) groups excluding carboxylic acids is 2. The molecular formula is C18H32N2O7. The lowest BCUT2D eigenvalue weighted by Crippen LogP contribution is -2.55. The van der Waals surface area contributed by atoms with Gasteiger partial charge in [0.25, 0.3) is 0 Å². The second-order valence-electron chi connectivity index (χ2n) is 7.66. The van der Waals surface area contributed by atoms with Crippen molar-refractivity contribution in [2.75, 3.05) is 13.7 Å². The van der Waals surface area contributed by atoms with Crippen LogP contribution in [0.25, 0.3) is 0 Å². The maximum absolute atomic E-state index is 12.5. The minimum absolute atomic E-state index is 0.0530. The first-order chi connectivity index (χ1) is 12.6. The van der Waals surface area contributed by atoms with Crippen molar-refractivity contribution in [3.8, 4) is 0 Å². The fraction of sp³-hybridized carbons (Fsp3) is 0.889. The Kier molecular flexibility index (Phi) is 7.20. The predicted octanol–water partition coefficient (Wildman–Crippen LogP) is 0.299. The van der Waals surface area contributed by atoms with Gasteiger partial charge in [0.05, 0.1) is 25.1 Å². The summed E-state index contributed by atoms with van der Waals surface area (Å²) in [6.45, 7) is 9.24. The molecule has 0 aliphatic carbocycles. The number of methoxy groups -OCH3 is 1. The number of amides is 1. The van der Waals surface area contributed by atoms with E-state index in [9.17, 15) is 9.59 Å². The first kappa shape index (κ1) is 22.0. The van der Waals surface area contributed by atoms with Crippen molar-refractivity contribution in [2.24, 2.45) is 11.7 Å². The van der Waals surface area contributed by atoms with E-state index in [2.05, 4.69) is 5.32 Å². The molecule has 1 amide bonds. The quantitative estimate of drug-likeness (QED) is 0.570. The molecular weight excluding hydrogens is 356 g/mol. The Morgan fingerprint density at radius 2 is 1.93 bits per heavy atom. The maximum Gasteiger partial charge on any atom is 0.307 e. The van der Waals surface area contributed by atoms with Crippen LogP contribution in [-0.2, 0) is 33.3 Å². The average Bonchev–Trinajstić information content (AvgIpc) is 3.04. The van der Waals surface area contributed by atoms with Crippen molar-refractivity contribution in [3.63, 3.8) is 0 Å². The van der Waals surface area contributed by atoms with Gasteiger partial charge in [-0.1, -0.05) is 13.8 Å². The van der Waals surface area contributed by atoms with E-state index < -0.39 is 48.4 Å². The van der Waals surface area contributed by atoms with Crippen LogP contribution in [0, 0.1) is 5.92 Å². The lowest BCUT2D eigenvalue weighted by atomic mass is 9.98. The molecule has 0 radical (unpaired) electrons. The number of nitrogens with one attached hydrogen (secondary N) is 1. The van der Waals surface area contributed by atoms with Gasteiger partial charge in [0.15, 0.2) is 12.1 Å². The summed E-state index contributed by atoms with van der Waals surface area (Å²) in [6.07, 6.45) is -2.34. The molecule has 2 saturated heterocycles. The maximum atomic E-state index is 12.5. The van der Waals surface area contributed by atoms with Crippen LogP contribution >= 0.6 is 0 Å². The van der Waals surface area contributed by atoms with Crippen LogP contribution in [0.2, 0.25) is 0 Å². The molecule has 2 unspecified atom stereocenters. The summed E-state index contributed by atoms with van der Waals surface area (Å²) in [5, 5.41) is 2.82. The van der Waals surface area contributed by atoms with E-state index in [1.54, 1.807) is 20.8 Å². The van der Waals surface area contributed by atoms with E-state index in [1.807, 2.05) is 13.8 Å². The molecule has 2 rings (SSSR count). The highest BCUT2D eigenvalue weighted by atomic mass is 16.8. The van der Waals surface area contributed by atoms with Crippen molar-refractivity contribution in [1.82, 2.24) is 5.32 Å². The molecule has 0 bridgehead atoms. The molecule has 27 heavy (non-hydrogen) atoms. The molecule has 2 fully saturated rings. The summed E-state index contributed by atoms with van der Waals surface area (Å²) in [6, 6.07) is -1.39. The standard InChI is InChI=1S/C18H32N2O7/c1-7-24-11(21)8-10(20-16(22)12(19)9(2)3)13-14(23-6)15-17(25-13)27-18(4,5)26-15/h9-10,12-15,17H,7-8,19H2,1-6H3,(H,20,22)/t10?,12-,13?,14+,15-,17-/m0/s1. The summed E-state index contributed by atoms with van der Waals surface area (Å²) in [5.74, 6) is -1.66. The van der Waals surface area contributed by atoms with Gasteiger partial charge < -0.3 is 34.7 Å². The topological polar surface area (TPSA) is 118 Å². The SMILES string of the molecule is CCOC(=O)CC(NC(=O)[C@@H](N)C(C)C)C1O[C@H]2OC(C)(C)O[C@H]2[C@@H]1OC. The van der Waals surface area contributed by atoms with E-state index >= 15 is 0 Å². The summed E-state index contributed by atoms with van der Waals surface area (Å²) < 4.78 is 28.2. The zero-order valence-electron chi connectivity index (χ0n) is 16.9. The molecule has 2 aliphatic heterocycles. The van der Waals surface area contributed by atoms with Gasteiger partial charge in [0, 0.05) is 7.11 Å². The van der Waals surface area contributed by atoms with Crippen LogP contribution in [0.3, 0.4) is 0 Å². The van der Waals surface area contributed by atoms with E-state index in [-0.39, 0.29) is 24.9 Å². The third-order valence-electron chi connectivity index (χ3n) is 4.74. The van der Waals surface area contributed by atoms with Crippen LogP contribution in [0.15, 0.2) is 0 Å². The Bertz CT molecular complexity index is 540. The summed E-state index contributed by atoms with van der Waals surface area (Å²) in [4.78, 5) is 24.6. The van der Waals surface area contributed by atoms with Crippen LogP contribution in [0.1, 0.15) is 41.0 Å². The Morgan fingerprint density at radius 1 is 1.26 bits per heavy atom. The largest absolute Gasteiger partial charge is 0.466 e. The predicted molar refractivity (Wildman–Crippen MR) is 95.5 cm³/mol. The highest BCUT2D eigenvalue weighted by molar-refractivity contribution is 5.82. The number of esters is 1. The van der Waals surface area contributed by atoms with Gasteiger partial charge in [-0.05, 0) is 26.7 Å². The highest BCUT2D eigenvalue weighted by Crippen LogP contribution is 2.39. The van der Waals surface area contributed by atoms with Gasteiger partial charge in [-0.15, -0.1) is 0 Å². The molecule has 9 heteroatoms. The second-order valence-corrected chi connectivity index (χ2v) is 7.66. The Morgan fingerprint density at radius 3 is 2.48 bits per heavy atom. The van der Waals surface area contributed by atoms with Crippen LogP contribution < -0.4 is 11.1 Å². The Hall–Kier alpha value is -1.26.